The third-order valence-electron chi connectivity index (χ3n) is 4.02. The summed E-state index contributed by atoms with van der Waals surface area (Å²) in [6.07, 6.45) is -3.49. The molecule has 0 saturated carbocycles. The van der Waals surface area contributed by atoms with Crippen molar-refractivity contribution < 1.29 is 32.2 Å². The quantitative estimate of drug-likeness (QED) is 0.415. The van der Waals surface area contributed by atoms with Gasteiger partial charge in [-0.15, -0.1) is 0 Å². The second-order valence-electron chi connectivity index (χ2n) is 6.49. The van der Waals surface area contributed by atoms with Crippen molar-refractivity contribution >= 4 is 23.7 Å². The first-order valence-electron chi connectivity index (χ1n) is 9.91. The lowest BCUT2D eigenvalue weighted by Crippen LogP contribution is -2.20. The van der Waals surface area contributed by atoms with E-state index in [0.717, 1.165) is 12.1 Å². The smallest absolute Gasteiger partial charge is 0.416 e. The van der Waals surface area contributed by atoms with Crippen LogP contribution in [0.15, 0.2) is 47.6 Å². The number of hydrogen-bond acceptors (Lipinski definition) is 5. The van der Waals surface area contributed by atoms with Crippen molar-refractivity contribution in [3.63, 3.8) is 0 Å². The molecule has 0 spiro atoms. The van der Waals surface area contributed by atoms with Crippen LogP contribution < -0.4 is 20.2 Å². The van der Waals surface area contributed by atoms with Crippen LogP contribution in [0.3, 0.4) is 0 Å². The van der Waals surface area contributed by atoms with Gasteiger partial charge in [0, 0.05) is 18.5 Å². The molecule has 2 rings (SSSR count). The SMILES string of the molecule is CCOc1ccc(C=NNC(=O)CCC(=O)Nc2cccc(C(F)(F)F)c2)cc1OCC. The van der Waals surface area contributed by atoms with E-state index in [2.05, 4.69) is 15.8 Å². The number of ether oxygens (including phenoxy) is 2. The summed E-state index contributed by atoms with van der Waals surface area (Å²) in [5.74, 6) is 0.0472. The Balaban J connectivity index is 1.84. The summed E-state index contributed by atoms with van der Waals surface area (Å²) in [5, 5.41) is 6.18. The molecular weight excluding hydrogens is 427 g/mol. The highest BCUT2D eigenvalue weighted by Crippen LogP contribution is 2.30. The number of alkyl halides is 3. The molecule has 2 N–H and O–H groups in total. The summed E-state index contributed by atoms with van der Waals surface area (Å²) >= 11 is 0. The van der Waals surface area contributed by atoms with E-state index in [9.17, 15) is 22.8 Å². The largest absolute Gasteiger partial charge is 0.490 e. The minimum absolute atomic E-state index is 0.00357. The molecule has 0 fully saturated rings. The summed E-state index contributed by atoms with van der Waals surface area (Å²) in [4.78, 5) is 23.8. The zero-order chi connectivity index (χ0) is 23.6. The molecule has 2 aromatic carbocycles. The molecule has 172 valence electrons. The van der Waals surface area contributed by atoms with Gasteiger partial charge in [0.15, 0.2) is 11.5 Å². The summed E-state index contributed by atoms with van der Waals surface area (Å²) in [7, 11) is 0. The number of nitrogens with zero attached hydrogens (tertiary/aromatic N) is 1. The van der Waals surface area contributed by atoms with Gasteiger partial charge in [-0.2, -0.15) is 18.3 Å². The van der Waals surface area contributed by atoms with Gasteiger partial charge in [0.2, 0.25) is 11.8 Å². The van der Waals surface area contributed by atoms with E-state index in [0.29, 0.717) is 30.3 Å². The molecule has 0 saturated heterocycles. The topological polar surface area (TPSA) is 89.0 Å². The molecule has 32 heavy (non-hydrogen) atoms. The van der Waals surface area contributed by atoms with E-state index < -0.39 is 23.6 Å². The number of rotatable bonds is 10. The Bertz CT molecular complexity index is 962. The highest BCUT2D eigenvalue weighted by atomic mass is 19.4. The van der Waals surface area contributed by atoms with Gasteiger partial charge in [0.05, 0.1) is 25.0 Å². The number of anilines is 1. The Hall–Kier alpha value is -3.56. The lowest BCUT2D eigenvalue weighted by Gasteiger charge is -2.11. The lowest BCUT2D eigenvalue weighted by molar-refractivity contribution is -0.137. The average molecular weight is 451 g/mol. The van der Waals surface area contributed by atoms with Crippen LogP contribution in [-0.2, 0) is 15.8 Å². The Morgan fingerprint density at radius 1 is 0.969 bits per heavy atom. The van der Waals surface area contributed by atoms with E-state index in [1.165, 1.54) is 18.3 Å². The van der Waals surface area contributed by atoms with Gasteiger partial charge in [-0.25, -0.2) is 5.43 Å². The van der Waals surface area contributed by atoms with E-state index >= 15 is 0 Å². The Morgan fingerprint density at radius 2 is 1.66 bits per heavy atom. The molecule has 0 radical (unpaired) electrons. The molecule has 0 aliphatic carbocycles. The molecule has 0 atom stereocenters. The Labute approximate surface area is 183 Å². The number of amides is 2. The van der Waals surface area contributed by atoms with Crippen molar-refractivity contribution in [2.24, 2.45) is 5.10 Å². The number of hydrazone groups is 1. The highest BCUT2D eigenvalue weighted by Gasteiger charge is 2.30. The normalized spacial score (nSPS) is 11.3. The summed E-state index contributed by atoms with van der Waals surface area (Å²) in [6.45, 7) is 4.66. The number of carbonyl (C=O) groups is 2. The zero-order valence-electron chi connectivity index (χ0n) is 17.7. The molecule has 0 aromatic heterocycles. The minimum Gasteiger partial charge on any atom is -0.490 e. The number of carbonyl (C=O) groups excluding carboxylic acids is 2. The fourth-order valence-electron chi connectivity index (χ4n) is 2.61. The fourth-order valence-corrected chi connectivity index (χ4v) is 2.61. The van der Waals surface area contributed by atoms with E-state index in [1.54, 1.807) is 18.2 Å². The number of nitrogens with one attached hydrogen (secondary N) is 2. The van der Waals surface area contributed by atoms with E-state index in [-0.39, 0.29) is 18.5 Å². The molecule has 10 heteroatoms. The number of benzene rings is 2. The number of hydrogen-bond donors (Lipinski definition) is 2. The van der Waals surface area contributed by atoms with Gasteiger partial charge in [0.25, 0.3) is 0 Å². The maximum absolute atomic E-state index is 12.7. The standard InChI is InChI=1S/C22H24F3N3O4/c1-3-31-18-9-8-15(12-19(18)32-4-2)14-26-28-21(30)11-10-20(29)27-17-7-5-6-16(13-17)22(23,24)25/h5-9,12-14H,3-4,10-11H2,1-2H3,(H,27,29)(H,28,30). The van der Waals surface area contributed by atoms with Crippen molar-refractivity contribution in [3.05, 3.63) is 53.6 Å². The summed E-state index contributed by atoms with van der Waals surface area (Å²) in [5.41, 5.74) is 2.10. The monoisotopic (exact) mass is 451 g/mol. The molecule has 2 amide bonds. The van der Waals surface area contributed by atoms with Gasteiger partial charge in [-0.1, -0.05) is 6.07 Å². The first-order chi connectivity index (χ1) is 15.2. The molecule has 0 unspecified atom stereocenters. The molecular formula is C22H24F3N3O4. The van der Waals surface area contributed by atoms with Crippen molar-refractivity contribution in [1.29, 1.82) is 0 Å². The van der Waals surface area contributed by atoms with Crippen molar-refractivity contribution in [2.75, 3.05) is 18.5 Å². The zero-order valence-corrected chi connectivity index (χ0v) is 17.7. The van der Waals surface area contributed by atoms with Crippen LogP contribution in [0.2, 0.25) is 0 Å². The molecule has 0 aliphatic rings. The maximum Gasteiger partial charge on any atom is 0.416 e. The van der Waals surface area contributed by atoms with Crippen LogP contribution in [0.1, 0.15) is 37.8 Å². The van der Waals surface area contributed by atoms with Gasteiger partial charge in [-0.3, -0.25) is 9.59 Å². The Kier molecular flexibility index (Phi) is 9.06. The maximum atomic E-state index is 12.7. The average Bonchev–Trinajstić information content (AvgIpc) is 2.74. The third kappa shape index (κ3) is 7.93. The minimum atomic E-state index is -4.51. The van der Waals surface area contributed by atoms with Gasteiger partial charge < -0.3 is 14.8 Å². The third-order valence-corrected chi connectivity index (χ3v) is 4.02. The van der Waals surface area contributed by atoms with Crippen LogP contribution in [0, 0.1) is 0 Å². The second kappa shape index (κ2) is 11.7. The van der Waals surface area contributed by atoms with Crippen LogP contribution in [0.25, 0.3) is 0 Å². The van der Waals surface area contributed by atoms with Crippen molar-refractivity contribution in [1.82, 2.24) is 5.43 Å². The van der Waals surface area contributed by atoms with Crippen LogP contribution in [0.5, 0.6) is 11.5 Å². The first-order valence-corrected chi connectivity index (χ1v) is 9.91. The van der Waals surface area contributed by atoms with E-state index in [4.69, 9.17) is 9.47 Å². The van der Waals surface area contributed by atoms with Crippen molar-refractivity contribution in [2.45, 2.75) is 32.9 Å². The van der Waals surface area contributed by atoms with Crippen molar-refractivity contribution in [3.8, 4) is 11.5 Å². The molecule has 2 aromatic rings. The molecule has 0 aliphatic heterocycles. The van der Waals surface area contributed by atoms with E-state index in [1.807, 2.05) is 13.8 Å². The van der Waals surface area contributed by atoms with Crippen LogP contribution >= 0.6 is 0 Å². The first kappa shape index (κ1) is 24.7. The second-order valence-corrected chi connectivity index (χ2v) is 6.49. The number of halogens is 3. The van der Waals surface area contributed by atoms with Crippen LogP contribution in [0.4, 0.5) is 18.9 Å². The molecule has 0 heterocycles. The Morgan fingerprint density at radius 3 is 2.34 bits per heavy atom. The fraction of sp³-hybridized carbons (Fsp3) is 0.318. The van der Waals surface area contributed by atoms with Gasteiger partial charge in [-0.05, 0) is 55.8 Å². The van der Waals surface area contributed by atoms with Gasteiger partial charge in [0.1, 0.15) is 0 Å². The predicted molar refractivity (Wildman–Crippen MR) is 114 cm³/mol. The van der Waals surface area contributed by atoms with Gasteiger partial charge >= 0.3 is 6.18 Å². The molecule has 7 nitrogen and oxygen atoms in total. The summed E-state index contributed by atoms with van der Waals surface area (Å²) in [6, 6.07) is 9.45. The van der Waals surface area contributed by atoms with Crippen LogP contribution in [-0.4, -0.2) is 31.2 Å². The summed E-state index contributed by atoms with van der Waals surface area (Å²) < 4.78 is 49.2. The highest BCUT2D eigenvalue weighted by molar-refractivity contribution is 5.93. The predicted octanol–water partition coefficient (Wildman–Crippen LogP) is 4.37. The molecule has 0 bridgehead atoms. The lowest BCUT2D eigenvalue weighted by atomic mass is 10.2.